The van der Waals surface area contributed by atoms with Crippen molar-refractivity contribution < 1.29 is 24.2 Å². The molecule has 1 saturated heterocycles. The third kappa shape index (κ3) is 6.05. The number of carbonyl (C=O) groups excluding carboxylic acids is 1. The van der Waals surface area contributed by atoms with Crippen LogP contribution in [0.2, 0.25) is 0 Å². The van der Waals surface area contributed by atoms with Gasteiger partial charge in [0.15, 0.2) is 0 Å². The predicted octanol–water partition coefficient (Wildman–Crippen LogP) is 6.29. The minimum absolute atomic E-state index is 0.0679. The molecule has 240 valence electrons. The Morgan fingerprint density at radius 1 is 0.978 bits per heavy atom. The van der Waals surface area contributed by atoms with Crippen molar-refractivity contribution in [2.75, 3.05) is 14.2 Å². The van der Waals surface area contributed by atoms with Gasteiger partial charge in [-0.2, -0.15) is 0 Å². The number of pyridine rings is 1. The van der Waals surface area contributed by atoms with Crippen LogP contribution in [0.5, 0.6) is 11.6 Å². The summed E-state index contributed by atoms with van der Waals surface area (Å²) in [5.41, 5.74) is 2.43. The molecule has 3 aromatic rings. The molecule has 2 heterocycles. The summed E-state index contributed by atoms with van der Waals surface area (Å²) in [6.07, 6.45) is 2.99. The molecular weight excluding hydrogens is 566 g/mol. The molecule has 1 aliphatic carbocycles. The Kier molecular flexibility index (Phi) is 8.75. The Hall–Kier alpha value is -3.91. The van der Waals surface area contributed by atoms with Crippen LogP contribution in [-0.2, 0) is 27.0 Å². The van der Waals surface area contributed by atoms with Crippen LogP contribution in [0.3, 0.4) is 0 Å². The molecule has 1 aliphatic heterocycles. The largest absolute Gasteiger partial charge is 0.496 e. The first-order chi connectivity index (χ1) is 21.2. The standard InChI is InChI=1S/C37H47N3O5/c1-35(2,3)25-16-17-27(44-7)23(21-25)22-39-29-28(36(4,5)6)31(33(41)42)40(30(29)26-15-12-20-38-32(26)45-8)34(43)37(18-19-37)24-13-10-9-11-14-24/h9-17,20-21,28-31,39H,18-19,22H2,1-8H3,(H,41,42)/t28-,29-,30-,31-/m0/s1. The molecule has 8 heteroatoms. The molecular formula is C37H47N3O5. The summed E-state index contributed by atoms with van der Waals surface area (Å²) in [5.74, 6) is -0.501. The lowest BCUT2D eigenvalue weighted by Gasteiger charge is -2.36. The van der Waals surface area contributed by atoms with Crippen molar-refractivity contribution in [1.82, 2.24) is 15.2 Å². The van der Waals surface area contributed by atoms with Crippen LogP contribution in [0.4, 0.5) is 0 Å². The molecule has 4 atom stereocenters. The molecule has 2 aliphatic rings. The molecule has 45 heavy (non-hydrogen) atoms. The maximum atomic E-state index is 14.9. The van der Waals surface area contributed by atoms with E-state index in [4.69, 9.17) is 9.47 Å². The Bertz CT molecular complexity index is 1540. The summed E-state index contributed by atoms with van der Waals surface area (Å²) < 4.78 is 11.5. The van der Waals surface area contributed by atoms with E-state index in [-0.39, 0.29) is 11.3 Å². The van der Waals surface area contributed by atoms with E-state index in [9.17, 15) is 14.7 Å². The first-order valence-corrected chi connectivity index (χ1v) is 15.8. The topological polar surface area (TPSA) is 101 Å². The number of benzene rings is 2. The fourth-order valence-corrected chi connectivity index (χ4v) is 7.20. The number of aliphatic carboxylic acids is 1. The zero-order chi connectivity index (χ0) is 32.7. The van der Waals surface area contributed by atoms with Gasteiger partial charge in [-0.15, -0.1) is 0 Å². The van der Waals surface area contributed by atoms with Gasteiger partial charge in [-0.3, -0.25) is 4.79 Å². The summed E-state index contributed by atoms with van der Waals surface area (Å²) >= 11 is 0. The Morgan fingerprint density at radius 2 is 1.67 bits per heavy atom. The number of rotatable bonds is 9. The van der Waals surface area contributed by atoms with Crippen molar-refractivity contribution in [3.8, 4) is 11.6 Å². The normalized spacial score (nSPS) is 22.6. The lowest BCUT2D eigenvalue weighted by atomic mass is 9.72. The molecule has 8 nitrogen and oxygen atoms in total. The van der Waals surface area contributed by atoms with E-state index >= 15 is 0 Å². The summed E-state index contributed by atoms with van der Waals surface area (Å²) in [4.78, 5) is 34.4. The van der Waals surface area contributed by atoms with E-state index in [1.807, 2.05) is 48.5 Å². The van der Waals surface area contributed by atoms with Crippen molar-refractivity contribution >= 4 is 11.9 Å². The van der Waals surface area contributed by atoms with Gasteiger partial charge in [0, 0.05) is 35.8 Å². The maximum Gasteiger partial charge on any atom is 0.326 e. The fraction of sp³-hybridized carbons (Fsp3) is 0.486. The van der Waals surface area contributed by atoms with Crippen molar-refractivity contribution in [1.29, 1.82) is 0 Å². The van der Waals surface area contributed by atoms with Crippen LogP contribution >= 0.6 is 0 Å². The number of amides is 1. The van der Waals surface area contributed by atoms with Gasteiger partial charge in [-0.25, -0.2) is 9.78 Å². The second-order valence-corrected chi connectivity index (χ2v) is 14.6. The zero-order valence-corrected chi connectivity index (χ0v) is 27.8. The zero-order valence-electron chi connectivity index (χ0n) is 27.8. The number of likely N-dealkylation sites (tertiary alicyclic amines) is 1. The third-order valence-corrected chi connectivity index (χ3v) is 9.63. The lowest BCUT2D eigenvalue weighted by Crippen LogP contribution is -2.50. The Labute approximate surface area is 267 Å². The lowest BCUT2D eigenvalue weighted by molar-refractivity contribution is -0.153. The van der Waals surface area contributed by atoms with Gasteiger partial charge < -0.3 is 24.8 Å². The minimum Gasteiger partial charge on any atom is -0.496 e. The summed E-state index contributed by atoms with van der Waals surface area (Å²) in [7, 11) is 3.21. The van der Waals surface area contributed by atoms with Gasteiger partial charge in [-0.05, 0) is 53.0 Å². The van der Waals surface area contributed by atoms with Gasteiger partial charge in [0.2, 0.25) is 11.8 Å². The third-order valence-electron chi connectivity index (χ3n) is 9.63. The van der Waals surface area contributed by atoms with Crippen LogP contribution in [0.15, 0.2) is 66.9 Å². The second-order valence-electron chi connectivity index (χ2n) is 14.6. The molecule has 0 unspecified atom stereocenters. The molecule has 0 bridgehead atoms. The number of hydrogen-bond acceptors (Lipinski definition) is 6. The molecule has 2 N–H and O–H groups in total. The van der Waals surface area contributed by atoms with Gasteiger partial charge in [0.1, 0.15) is 11.8 Å². The quantitative estimate of drug-likeness (QED) is 0.293. The average molecular weight is 614 g/mol. The molecule has 0 spiro atoms. The highest BCUT2D eigenvalue weighted by atomic mass is 16.5. The van der Waals surface area contributed by atoms with E-state index in [1.54, 1.807) is 25.3 Å². The molecule has 2 aromatic carbocycles. The second kappa shape index (κ2) is 12.1. The highest BCUT2D eigenvalue weighted by molar-refractivity contribution is 5.95. The van der Waals surface area contributed by atoms with Gasteiger partial charge >= 0.3 is 5.97 Å². The smallest absolute Gasteiger partial charge is 0.326 e. The van der Waals surface area contributed by atoms with Crippen molar-refractivity contribution in [3.63, 3.8) is 0 Å². The molecule has 1 amide bonds. The van der Waals surface area contributed by atoms with Crippen molar-refractivity contribution in [2.24, 2.45) is 11.3 Å². The van der Waals surface area contributed by atoms with Crippen LogP contribution in [0.25, 0.3) is 0 Å². The first kappa shape index (κ1) is 32.5. The number of aromatic nitrogens is 1. The molecule has 5 rings (SSSR count). The van der Waals surface area contributed by atoms with E-state index in [1.165, 1.54) is 5.56 Å². The van der Waals surface area contributed by atoms with Gasteiger partial charge in [0.25, 0.3) is 0 Å². The van der Waals surface area contributed by atoms with E-state index in [0.717, 1.165) is 16.9 Å². The summed E-state index contributed by atoms with van der Waals surface area (Å²) in [6.45, 7) is 13.1. The predicted molar refractivity (Wildman–Crippen MR) is 174 cm³/mol. The van der Waals surface area contributed by atoms with Crippen molar-refractivity contribution in [2.45, 2.75) is 89.9 Å². The number of ether oxygens (including phenoxy) is 2. The molecule has 0 radical (unpaired) electrons. The number of methoxy groups -OCH3 is 2. The highest BCUT2D eigenvalue weighted by Crippen LogP contribution is 2.56. The monoisotopic (exact) mass is 613 g/mol. The number of nitrogens with zero attached hydrogens (tertiary/aromatic N) is 2. The van der Waals surface area contributed by atoms with Crippen LogP contribution in [0.1, 0.15) is 82.7 Å². The first-order valence-electron chi connectivity index (χ1n) is 15.8. The average Bonchev–Trinajstić information content (AvgIpc) is 3.74. The van der Waals surface area contributed by atoms with E-state index < -0.39 is 40.8 Å². The number of nitrogens with one attached hydrogen (secondary N) is 1. The molecule has 1 aromatic heterocycles. The van der Waals surface area contributed by atoms with Crippen LogP contribution in [-0.4, -0.2) is 53.2 Å². The number of carbonyl (C=O) groups is 2. The number of carboxylic acid groups (broad SMARTS) is 1. The highest BCUT2D eigenvalue weighted by Gasteiger charge is 2.63. The van der Waals surface area contributed by atoms with Gasteiger partial charge in [-0.1, -0.05) is 84.0 Å². The summed E-state index contributed by atoms with van der Waals surface area (Å²) in [5, 5.41) is 14.7. The van der Waals surface area contributed by atoms with Crippen LogP contribution < -0.4 is 14.8 Å². The Balaban J connectivity index is 1.67. The van der Waals surface area contributed by atoms with Crippen molar-refractivity contribution in [3.05, 3.63) is 89.1 Å². The molecule has 2 fully saturated rings. The maximum absolute atomic E-state index is 14.9. The fourth-order valence-electron chi connectivity index (χ4n) is 7.20. The number of carboxylic acids is 1. The SMILES string of the molecule is COc1ccc(C(C)(C)C)cc1CN[C@H]1[C@H](C(C)(C)C)[C@@H](C(=O)O)N(C(=O)C2(c3ccccc3)CC2)[C@H]1c1cccnc1OC. The van der Waals surface area contributed by atoms with Gasteiger partial charge in [0.05, 0.1) is 25.7 Å². The van der Waals surface area contributed by atoms with E-state index in [2.05, 4.69) is 64.0 Å². The van der Waals surface area contributed by atoms with E-state index in [0.29, 0.717) is 30.8 Å². The Morgan fingerprint density at radius 3 is 2.22 bits per heavy atom. The minimum atomic E-state index is -1.08. The summed E-state index contributed by atoms with van der Waals surface area (Å²) in [6, 6.07) is 17.5. The number of hydrogen-bond donors (Lipinski definition) is 2. The molecule has 1 saturated carbocycles. The van der Waals surface area contributed by atoms with Crippen LogP contribution in [0, 0.1) is 11.3 Å².